The number of nitrogens with one attached hydrogen (secondary N) is 1. The second-order valence-electron chi connectivity index (χ2n) is 5.28. The second kappa shape index (κ2) is 7.34. The van der Waals surface area contributed by atoms with Crippen molar-refractivity contribution in [3.05, 3.63) is 0 Å². The topological polar surface area (TPSA) is 30.5 Å². The standard InChI is InChI=1S/C14H29NO2/c1-5-14(6-2)11-13(8-10-17-14)15-12(3)7-9-16-4/h12-13,15H,5-11H2,1-4H3. The molecule has 17 heavy (non-hydrogen) atoms. The Morgan fingerprint density at radius 2 is 2.12 bits per heavy atom. The van der Waals surface area contributed by atoms with Gasteiger partial charge < -0.3 is 14.8 Å². The number of methoxy groups -OCH3 is 1. The van der Waals surface area contributed by atoms with E-state index in [0.29, 0.717) is 12.1 Å². The van der Waals surface area contributed by atoms with Crippen LogP contribution < -0.4 is 5.32 Å². The van der Waals surface area contributed by atoms with Crippen LogP contribution in [0, 0.1) is 0 Å². The zero-order valence-corrected chi connectivity index (χ0v) is 11.9. The van der Waals surface area contributed by atoms with E-state index in [1.807, 2.05) is 0 Å². The predicted molar refractivity (Wildman–Crippen MR) is 71.4 cm³/mol. The Labute approximate surface area is 106 Å². The van der Waals surface area contributed by atoms with Gasteiger partial charge in [-0.25, -0.2) is 0 Å². The molecule has 0 aromatic rings. The van der Waals surface area contributed by atoms with Gasteiger partial charge >= 0.3 is 0 Å². The van der Waals surface area contributed by atoms with Crippen LogP contribution in [0.3, 0.4) is 0 Å². The molecule has 0 aromatic heterocycles. The Morgan fingerprint density at radius 1 is 1.41 bits per heavy atom. The van der Waals surface area contributed by atoms with Gasteiger partial charge in [0.25, 0.3) is 0 Å². The third kappa shape index (κ3) is 4.57. The molecule has 2 atom stereocenters. The summed E-state index contributed by atoms with van der Waals surface area (Å²) in [7, 11) is 1.76. The minimum absolute atomic E-state index is 0.122. The fourth-order valence-corrected chi connectivity index (χ4v) is 2.69. The van der Waals surface area contributed by atoms with Crippen molar-refractivity contribution in [2.45, 2.75) is 70.6 Å². The third-order valence-corrected chi connectivity index (χ3v) is 4.06. The van der Waals surface area contributed by atoms with E-state index in [0.717, 1.165) is 45.3 Å². The smallest absolute Gasteiger partial charge is 0.0692 e. The molecular weight excluding hydrogens is 214 g/mol. The summed E-state index contributed by atoms with van der Waals surface area (Å²) >= 11 is 0. The highest BCUT2D eigenvalue weighted by molar-refractivity contribution is 4.89. The fraction of sp³-hybridized carbons (Fsp3) is 1.00. The number of hydrogen-bond acceptors (Lipinski definition) is 3. The van der Waals surface area contributed by atoms with Crippen LogP contribution in [0.15, 0.2) is 0 Å². The van der Waals surface area contributed by atoms with Crippen LogP contribution in [-0.2, 0) is 9.47 Å². The van der Waals surface area contributed by atoms with Gasteiger partial charge in [0.1, 0.15) is 0 Å². The molecule has 1 N–H and O–H groups in total. The molecule has 0 bridgehead atoms. The molecule has 3 heteroatoms. The molecule has 1 fully saturated rings. The molecule has 2 unspecified atom stereocenters. The minimum atomic E-state index is 0.122. The zero-order chi connectivity index (χ0) is 12.7. The average molecular weight is 243 g/mol. The van der Waals surface area contributed by atoms with Gasteiger partial charge in [0, 0.05) is 32.4 Å². The summed E-state index contributed by atoms with van der Waals surface area (Å²) < 4.78 is 11.1. The Hall–Kier alpha value is -0.120. The summed E-state index contributed by atoms with van der Waals surface area (Å²) in [6.45, 7) is 8.45. The molecule has 1 aliphatic rings. The van der Waals surface area contributed by atoms with Crippen molar-refractivity contribution in [2.24, 2.45) is 0 Å². The molecule has 1 rings (SSSR count). The quantitative estimate of drug-likeness (QED) is 0.746. The van der Waals surface area contributed by atoms with Crippen LogP contribution in [0.25, 0.3) is 0 Å². The highest BCUT2D eigenvalue weighted by atomic mass is 16.5. The van der Waals surface area contributed by atoms with Crippen molar-refractivity contribution >= 4 is 0 Å². The Balaban J connectivity index is 2.38. The van der Waals surface area contributed by atoms with Gasteiger partial charge in [-0.15, -0.1) is 0 Å². The molecular formula is C14H29NO2. The third-order valence-electron chi connectivity index (χ3n) is 4.06. The van der Waals surface area contributed by atoms with Gasteiger partial charge in [0.05, 0.1) is 5.60 Å². The lowest BCUT2D eigenvalue weighted by Crippen LogP contribution is -2.48. The molecule has 0 aromatic carbocycles. The summed E-state index contributed by atoms with van der Waals surface area (Å²) in [5.74, 6) is 0. The summed E-state index contributed by atoms with van der Waals surface area (Å²) in [5.41, 5.74) is 0.122. The highest BCUT2D eigenvalue weighted by Crippen LogP contribution is 2.31. The van der Waals surface area contributed by atoms with Crippen LogP contribution in [0.1, 0.15) is 52.9 Å². The molecule has 0 amide bonds. The van der Waals surface area contributed by atoms with Gasteiger partial charge in [-0.1, -0.05) is 13.8 Å². The van der Waals surface area contributed by atoms with Crippen LogP contribution in [0.4, 0.5) is 0 Å². The molecule has 1 heterocycles. The maximum atomic E-state index is 5.99. The van der Waals surface area contributed by atoms with Gasteiger partial charge in [0.15, 0.2) is 0 Å². The molecule has 102 valence electrons. The largest absolute Gasteiger partial charge is 0.385 e. The van der Waals surface area contributed by atoms with Gasteiger partial charge in [-0.2, -0.15) is 0 Å². The average Bonchev–Trinajstić information content (AvgIpc) is 2.36. The monoisotopic (exact) mass is 243 g/mol. The van der Waals surface area contributed by atoms with Crippen molar-refractivity contribution in [1.82, 2.24) is 5.32 Å². The predicted octanol–water partition coefficient (Wildman–Crippen LogP) is 2.74. The van der Waals surface area contributed by atoms with Crippen LogP contribution in [0.5, 0.6) is 0 Å². The summed E-state index contributed by atoms with van der Waals surface area (Å²) in [6, 6.07) is 1.14. The van der Waals surface area contributed by atoms with E-state index in [9.17, 15) is 0 Å². The first-order valence-electron chi connectivity index (χ1n) is 7.04. The Kier molecular flexibility index (Phi) is 6.45. The maximum Gasteiger partial charge on any atom is 0.0692 e. The summed E-state index contributed by atoms with van der Waals surface area (Å²) in [5, 5.41) is 3.72. The highest BCUT2D eigenvalue weighted by Gasteiger charge is 2.34. The molecule has 0 aliphatic carbocycles. The van der Waals surface area contributed by atoms with E-state index >= 15 is 0 Å². The Bertz CT molecular complexity index is 204. The van der Waals surface area contributed by atoms with Gasteiger partial charge in [0.2, 0.25) is 0 Å². The first-order valence-corrected chi connectivity index (χ1v) is 7.04. The van der Waals surface area contributed by atoms with Crippen LogP contribution >= 0.6 is 0 Å². The number of ether oxygens (including phenoxy) is 2. The first kappa shape index (κ1) is 14.9. The lowest BCUT2D eigenvalue weighted by molar-refractivity contribution is -0.0941. The van der Waals surface area contributed by atoms with Gasteiger partial charge in [-0.3, -0.25) is 0 Å². The second-order valence-corrected chi connectivity index (χ2v) is 5.28. The molecule has 0 saturated carbocycles. The summed E-state index contributed by atoms with van der Waals surface area (Å²) in [6.07, 6.45) is 5.61. The number of hydrogen-bond donors (Lipinski definition) is 1. The van der Waals surface area contributed by atoms with Crippen molar-refractivity contribution in [3.8, 4) is 0 Å². The molecule has 3 nitrogen and oxygen atoms in total. The van der Waals surface area contributed by atoms with Crippen molar-refractivity contribution < 1.29 is 9.47 Å². The number of rotatable bonds is 7. The maximum absolute atomic E-state index is 5.99. The van der Waals surface area contributed by atoms with E-state index in [2.05, 4.69) is 26.1 Å². The van der Waals surface area contributed by atoms with E-state index < -0.39 is 0 Å². The molecule has 1 aliphatic heterocycles. The van der Waals surface area contributed by atoms with Crippen molar-refractivity contribution in [1.29, 1.82) is 0 Å². The normalized spacial score (nSPS) is 25.8. The van der Waals surface area contributed by atoms with E-state index in [4.69, 9.17) is 9.47 Å². The fourth-order valence-electron chi connectivity index (χ4n) is 2.69. The first-order chi connectivity index (χ1) is 8.15. The lowest BCUT2D eigenvalue weighted by atomic mass is 9.85. The Morgan fingerprint density at radius 3 is 2.71 bits per heavy atom. The van der Waals surface area contributed by atoms with E-state index in [-0.39, 0.29) is 5.60 Å². The molecule has 0 radical (unpaired) electrons. The molecule has 0 spiro atoms. The van der Waals surface area contributed by atoms with E-state index in [1.54, 1.807) is 7.11 Å². The van der Waals surface area contributed by atoms with Crippen LogP contribution in [0.2, 0.25) is 0 Å². The summed E-state index contributed by atoms with van der Waals surface area (Å²) in [4.78, 5) is 0. The van der Waals surface area contributed by atoms with Crippen LogP contribution in [-0.4, -0.2) is 38.0 Å². The van der Waals surface area contributed by atoms with Crippen molar-refractivity contribution in [2.75, 3.05) is 20.3 Å². The van der Waals surface area contributed by atoms with Gasteiger partial charge in [-0.05, 0) is 39.0 Å². The van der Waals surface area contributed by atoms with Crippen molar-refractivity contribution in [3.63, 3.8) is 0 Å². The SMILES string of the molecule is CCC1(CC)CC(NC(C)CCOC)CCO1. The van der Waals surface area contributed by atoms with E-state index in [1.165, 1.54) is 0 Å². The minimum Gasteiger partial charge on any atom is -0.385 e. The zero-order valence-electron chi connectivity index (χ0n) is 11.9. The molecule has 1 saturated heterocycles. The lowest BCUT2D eigenvalue weighted by Gasteiger charge is -2.41.